The highest BCUT2D eigenvalue weighted by atomic mass is 19.1. The molecule has 2 aromatic carbocycles. The summed E-state index contributed by atoms with van der Waals surface area (Å²) in [5, 5.41) is 10.2. The predicted molar refractivity (Wildman–Crippen MR) is 84.6 cm³/mol. The number of nitrogens with zero attached hydrogens (tertiary/aromatic N) is 2. The summed E-state index contributed by atoms with van der Waals surface area (Å²) < 4.78 is 13.2. The Morgan fingerprint density at radius 3 is 2.57 bits per heavy atom. The number of hydrogen-bond donors (Lipinski definition) is 2. The molecule has 23 heavy (non-hydrogen) atoms. The molecule has 0 unspecified atom stereocenters. The number of benzene rings is 2. The number of carbonyl (C=O) groups excluding carboxylic acids is 1. The van der Waals surface area contributed by atoms with Crippen LogP contribution in [-0.2, 0) is 0 Å². The summed E-state index contributed by atoms with van der Waals surface area (Å²) in [4.78, 5) is 14.6. The lowest BCUT2D eigenvalue weighted by atomic mass is 10.1. The average molecular weight is 308 g/mol. The zero-order valence-electron chi connectivity index (χ0n) is 12.0. The molecule has 2 N–H and O–H groups in total. The lowest BCUT2D eigenvalue weighted by molar-refractivity contribution is 0.0974. The van der Waals surface area contributed by atoms with Gasteiger partial charge < -0.3 is 5.32 Å². The highest BCUT2D eigenvalue weighted by Gasteiger charge is 2.34. The molecule has 1 amide bonds. The van der Waals surface area contributed by atoms with Crippen molar-refractivity contribution in [2.75, 3.05) is 10.2 Å². The minimum absolute atomic E-state index is 0.148. The Morgan fingerprint density at radius 2 is 1.83 bits per heavy atom. The first kappa shape index (κ1) is 13.5. The Hall–Kier alpha value is -3.15. The minimum atomic E-state index is -0.439. The van der Waals surface area contributed by atoms with E-state index in [1.54, 1.807) is 35.4 Å². The van der Waals surface area contributed by atoms with Gasteiger partial charge in [0, 0.05) is 17.6 Å². The summed E-state index contributed by atoms with van der Waals surface area (Å²) in [6.45, 7) is 0. The molecule has 0 saturated carbocycles. The van der Waals surface area contributed by atoms with Crippen LogP contribution in [0, 0.1) is 5.82 Å². The van der Waals surface area contributed by atoms with Gasteiger partial charge in [0.2, 0.25) is 0 Å². The fourth-order valence-corrected chi connectivity index (χ4v) is 2.76. The summed E-state index contributed by atoms with van der Waals surface area (Å²) in [7, 11) is 0. The molecule has 1 aromatic heterocycles. The Labute approximate surface area is 131 Å². The normalized spacial score (nSPS) is 16.8. The van der Waals surface area contributed by atoms with E-state index >= 15 is 0 Å². The molecule has 1 atom stereocenters. The van der Waals surface area contributed by atoms with Crippen LogP contribution in [0.25, 0.3) is 0 Å². The van der Waals surface area contributed by atoms with E-state index in [1.807, 2.05) is 18.2 Å². The molecular weight excluding hydrogens is 295 g/mol. The average Bonchev–Trinajstić information content (AvgIpc) is 3.10. The summed E-state index contributed by atoms with van der Waals surface area (Å²) in [6, 6.07) is 15.0. The number of nitrogens with one attached hydrogen (secondary N) is 2. The first-order valence-electron chi connectivity index (χ1n) is 7.18. The molecule has 114 valence electrons. The van der Waals surface area contributed by atoms with Crippen molar-refractivity contribution < 1.29 is 9.18 Å². The van der Waals surface area contributed by atoms with Gasteiger partial charge in [0.1, 0.15) is 12.0 Å². The number of anilines is 2. The van der Waals surface area contributed by atoms with Gasteiger partial charge in [-0.05, 0) is 42.5 Å². The van der Waals surface area contributed by atoms with Crippen LogP contribution in [0.2, 0.25) is 0 Å². The lowest BCUT2D eigenvalue weighted by Gasteiger charge is -2.37. The van der Waals surface area contributed by atoms with Crippen LogP contribution in [0.1, 0.15) is 22.2 Å². The van der Waals surface area contributed by atoms with Gasteiger partial charge in [-0.15, -0.1) is 0 Å². The second-order valence-electron chi connectivity index (χ2n) is 5.26. The maximum absolute atomic E-state index is 13.2. The minimum Gasteiger partial charge on any atom is -0.359 e. The molecule has 0 spiro atoms. The van der Waals surface area contributed by atoms with Crippen LogP contribution < -0.4 is 10.2 Å². The predicted octanol–water partition coefficient (Wildman–Crippen LogP) is 3.32. The van der Waals surface area contributed by atoms with Crippen molar-refractivity contribution in [2.24, 2.45) is 0 Å². The molecule has 1 aliphatic heterocycles. The third kappa shape index (κ3) is 2.24. The standard InChI is InChI=1S/C17H13FN4O/c18-11-5-7-12(8-6-11)22-16(15-9-10-19-21-15)20-14-4-2-1-3-13(14)17(22)23/h1-10,16,20H,(H,19,21)/t16-/m0/s1. The van der Waals surface area contributed by atoms with Crippen LogP contribution in [0.4, 0.5) is 15.8 Å². The number of fused-ring (bicyclic) bond motifs is 1. The summed E-state index contributed by atoms with van der Waals surface area (Å²) in [6.07, 6.45) is 1.19. The van der Waals surface area contributed by atoms with E-state index in [1.165, 1.54) is 12.1 Å². The topological polar surface area (TPSA) is 61.0 Å². The summed E-state index contributed by atoms with van der Waals surface area (Å²) in [5.41, 5.74) is 2.69. The summed E-state index contributed by atoms with van der Waals surface area (Å²) in [5.74, 6) is -0.491. The van der Waals surface area contributed by atoms with Crippen molar-refractivity contribution in [3.05, 3.63) is 77.9 Å². The van der Waals surface area contributed by atoms with Gasteiger partial charge in [-0.25, -0.2) is 4.39 Å². The number of carbonyl (C=O) groups is 1. The Kier molecular flexibility index (Phi) is 3.08. The maximum atomic E-state index is 13.2. The SMILES string of the molecule is O=C1c2ccccc2N[C@H](c2ccn[nH]2)N1c1ccc(F)cc1. The molecule has 0 bridgehead atoms. The van der Waals surface area contributed by atoms with Crippen molar-refractivity contribution in [1.29, 1.82) is 0 Å². The van der Waals surface area contributed by atoms with Crippen molar-refractivity contribution in [3.63, 3.8) is 0 Å². The van der Waals surface area contributed by atoms with E-state index in [0.29, 0.717) is 11.3 Å². The largest absolute Gasteiger partial charge is 0.359 e. The molecule has 1 aliphatic rings. The molecular formula is C17H13FN4O. The number of rotatable bonds is 2. The van der Waals surface area contributed by atoms with Crippen molar-refractivity contribution in [1.82, 2.24) is 10.2 Å². The number of amides is 1. The fraction of sp³-hybridized carbons (Fsp3) is 0.0588. The molecule has 5 nitrogen and oxygen atoms in total. The van der Waals surface area contributed by atoms with Crippen LogP contribution >= 0.6 is 0 Å². The van der Waals surface area contributed by atoms with E-state index in [0.717, 1.165) is 11.4 Å². The number of aromatic nitrogens is 2. The fourth-order valence-electron chi connectivity index (χ4n) is 2.76. The van der Waals surface area contributed by atoms with Gasteiger partial charge in [0.15, 0.2) is 0 Å². The van der Waals surface area contributed by atoms with Gasteiger partial charge >= 0.3 is 0 Å². The maximum Gasteiger partial charge on any atom is 0.262 e. The highest BCUT2D eigenvalue weighted by Crippen LogP contribution is 2.35. The van der Waals surface area contributed by atoms with E-state index in [-0.39, 0.29) is 11.7 Å². The molecule has 0 saturated heterocycles. The van der Waals surface area contributed by atoms with Gasteiger partial charge in [0.25, 0.3) is 5.91 Å². The van der Waals surface area contributed by atoms with Gasteiger partial charge in [-0.3, -0.25) is 14.8 Å². The van der Waals surface area contributed by atoms with E-state index in [9.17, 15) is 9.18 Å². The lowest BCUT2D eigenvalue weighted by Crippen LogP contribution is -2.43. The molecule has 2 heterocycles. The first-order chi connectivity index (χ1) is 11.2. The Balaban J connectivity index is 1.85. The Morgan fingerprint density at radius 1 is 1.04 bits per heavy atom. The molecule has 4 rings (SSSR count). The van der Waals surface area contributed by atoms with E-state index < -0.39 is 6.17 Å². The van der Waals surface area contributed by atoms with Crippen LogP contribution in [-0.4, -0.2) is 16.1 Å². The molecule has 0 aliphatic carbocycles. The van der Waals surface area contributed by atoms with Crippen LogP contribution in [0.5, 0.6) is 0 Å². The number of para-hydroxylation sites is 1. The van der Waals surface area contributed by atoms with E-state index in [4.69, 9.17) is 0 Å². The van der Waals surface area contributed by atoms with Crippen LogP contribution in [0.15, 0.2) is 60.8 Å². The zero-order chi connectivity index (χ0) is 15.8. The van der Waals surface area contributed by atoms with Crippen LogP contribution in [0.3, 0.4) is 0 Å². The zero-order valence-corrected chi connectivity index (χ0v) is 12.0. The highest BCUT2D eigenvalue weighted by molar-refractivity contribution is 6.12. The van der Waals surface area contributed by atoms with Crippen molar-refractivity contribution >= 4 is 17.3 Å². The molecule has 0 radical (unpaired) electrons. The van der Waals surface area contributed by atoms with Crippen molar-refractivity contribution in [3.8, 4) is 0 Å². The third-order valence-corrected chi connectivity index (χ3v) is 3.85. The second kappa shape index (κ2) is 5.24. The summed E-state index contributed by atoms with van der Waals surface area (Å²) >= 11 is 0. The van der Waals surface area contributed by atoms with Gasteiger partial charge in [-0.1, -0.05) is 12.1 Å². The third-order valence-electron chi connectivity index (χ3n) is 3.85. The van der Waals surface area contributed by atoms with E-state index in [2.05, 4.69) is 15.5 Å². The molecule has 0 fully saturated rings. The molecule has 3 aromatic rings. The number of aromatic amines is 1. The number of hydrogen-bond acceptors (Lipinski definition) is 3. The van der Waals surface area contributed by atoms with Gasteiger partial charge in [0.05, 0.1) is 11.3 Å². The second-order valence-corrected chi connectivity index (χ2v) is 5.26. The first-order valence-corrected chi connectivity index (χ1v) is 7.18. The number of halogens is 1. The smallest absolute Gasteiger partial charge is 0.262 e. The Bertz CT molecular complexity index is 845. The quantitative estimate of drug-likeness (QED) is 0.763. The number of H-pyrrole nitrogens is 1. The molecule has 6 heteroatoms. The van der Waals surface area contributed by atoms with Gasteiger partial charge in [-0.2, -0.15) is 5.10 Å². The van der Waals surface area contributed by atoms with Crippen molar-refractivity contribution in [2.45, 2.75) is 6.17 Å². The monoisotopic (exact) mass is 308 g/mol.